The summed E-state index contributed by atoms with van der Waals surface area (Å²) in [5.41, 5.74) is -1.19. The van der Waals surface area contributed by atoms with Crippen LogP contribution >= 0.6 is 0 Å². The van der Waals surface area contributed by atoms with Gasteiger partial charge in [0.25, 0.3) is 0 Å². The molecule has 0 unspecified atom stereocenters. The molecule has 0 bridgehead atoms. The Balaban J connectivity index is 1.89. The topological polar surface area (TPSA) is 52.6 Å². The number of hydrogen-bond donors (Lipinski definition) is 2. The molecule has 0 atom stereocenters. The van der Waals surface area contributed by atoms with E-state index in [1.807, 2.05) is 0 Å². The molecule has 116 valence electrons. The SMILES string of the molecule is CN(CC(=O)Nc1c(F)cccc1F)CC1(O)CCCC1. The second-order valence-corrected chi connectivity index (χ2v) is 5.75. The van der Waals surface area contributed by atoms with Crippen LogP contribution in [0.2, 0.25) is 0 Å². The molecule has 1 aliphatic rings. The van der Waals surface area contributed by atoms with E-state index in [0.717, 1.165) is 37.8 Å². The standard InChI is InChI=1S/C15H20F2N2O2/c1-19(10-15(21)7-2-3-8-15)9-13(20)18-14-11(16)5-4-6-12(14)17/h4-6,21H,2-3,7-10H2,1H3,(H,18,20). The fourth-order valence-corrected chi connectivity index (χ4v) is 2.79. The van der Waals surface area contributed by atoms with Gasteiger partial charge in [-0.15, -0.1) is 0 Å². The highest BCUT2D eigenvalue weighted by Crippen LogP contribution is 2.29. The highest BCUT2D eigenvalue weighted by molar-refractivity contribution is 5.92. The van der Waals surface area contributed by atoms with Crippen LogP contribution in [0.25, 0.3) is 0 Å². The number of nitrogens with one attached hydrogen (secondary N) is 1. The minimum atomic E-state index is -0.805. The van der Waals surface area contributed by atoms with Crippen molar-refractivity contribution in [3.63, 3.8) is 0 Å². The zero-order chi connectivity index (χ0) is 15.5. The minimum absolute atomic E-state index is 0.0317. The van der Waals surface area contributed by atoms with Crippen LogP contribution in [0, 0.1) is 11.6 Å². The number of anilines is 1. The summed E-state index contributed by atoms with van der Waals surface area (Å²) in [5, 5.41) is 12.5. The third kappa shape index (κ3) is 4.22. The smallest absolute Gasteiger partial charge is 0.238 e. The van der Waals surface area contributed by atoms with Crippen LogP contribution in [0.4, 0.5) is 14.5 Å². The Bertz CT molecular complexity index is 496. The molecular formula is C15H20F2N2O2. The normalized spacial score (nSPS) is 17.2. The molecule has 0 radical (unpaired) electrons. The number of benzene rings is 1. The van der Waals surface area contributed by atoms with E-state index in [0.29, 0.717) is 6.54 Å². The Labute approximate surface area is 122 Å². The molecule has 1 amide bonds. The first-order valence-electron chi connectivity index (χ1n) is 7.04. The van der Waals surface area contributed by atoms with Crippen LogP contribution < -0.4 is 5.32 Å². The Morgan fingerprint density at radius 1 is 1.33 bits per heavy atom. The van der Waals surface area contributed by atoms with Gasteiger partial charge in [0.05, 0.1) is 12.1 Å². The molecule has 1 fully saturated rings. The van der Waals surface area contributed by atoms with Gasteiger partial charge in [-0.25, -0.2) is 8.78 Å². The lowest BCUT2D eigenvalue weighted by molar-refractivity contribution is -0.117. The summed E-state index contributed by atoms with van der Waals surface area (Å²) in [4.78, 5) is 13.5. The van der Waals surface area contributed by atoms with Crippen LogP contribution in [-0.2, 0) is 4.79 Å². The van der Waals surface area contributed by atoms with Crippen LogP contribution in [0.5, 0.6) is 0 Å². The van der Waals surface area contributed by atoms with E-state index in [-0.39, 0.29) is 6.54 Å². The van der Waals surface area contributed by atoms with E-state index in [1.165, 1.54) is 6.07 Å². The van der Waals surface area contributed by atoms with Gasteiger partial charge >= 0.3 is 0 Å². The third-order valence-electron chi connectivity index (χ3n) is 3.74. The molecule has 0 aromatic heterocycles. The first-order chi connectivity index (χ1) is 9.89. The average Bonchev–Trinajstić information content (AvgIpc) is 2.80. The van der Waals surface area contributed by atoms with E-state index in [4.69, 9.17) is 0 Å². The Kier molecular flexibility index (Phi) is 4.90. The van der Waals surface area contributed by atoms with E-state index < -0.39 is 28.8 Å². The fourth-order valence-electron chi connectivity index (χ4n) is 2.79. The number of rotatable bonds is 5. The zero-order valence-corrected chi connectivity index (χ0v) is 12.0. The first-order valence-corrected chi connectivity index (χ1v) is 7.04. The average molecular weight is 298 g/mol. The summed E-state index contributed by atoms with van der Waals surface area (Å²) < 4.78 is 26.9. The molecule has 0 heterocycles. The Morgan fingerprint density at radius 2 is 1.90 bits per heavy atom. The second kappa shape index (κ2) is 6.49. The van der Waals surface area contributed by atoms with Gasteiger partial charge in [0.15, 0.2) is 0 Å². The maximum Gasteiger partial charge on any atom is 0.238 e. The monoisotopic (exact) mass is 298 g/mol. The molecule has 0 saturated heterocycles. The minimum Gasteiger partial charge on any atom is -0.389 e. The number of amides is 1. The fraction of sp³-hybridized carbons (Fsp3) is 0.533. The summed E-state index contributed by atoms with van der Waals surface area (Å²) in [5.74, 6) is -2.12. The van der Waals surface area contributed by atoms with Crippen molar-refractivity contribution < 1.29 is 18.7 Å². The van der Waals surface area contributed by atoms with Gasteiger partial charge in [0.1, 0.15) is 17.3 Å². The van der Waals surface area contributed by atoms with Gasteiger partial charge in [0.2, 0.25) is 5.91 Å². The third-order valence-corrected chi connectivity index (χ3v) is 3.74. The highest BCUT2D eigenvalue weighted by Gasteiger charge is 2.32. The molecule has 21 heavy (non-hydrogen) atoms. The number of likely N-dealkylation sites (N-methyl/N-ethyl adjacent to an activating group) is 1. The summed E-state index contributed by atoms with van der Waals surface area (Å²) in [6.07, 6.45) is 3.41. The predicted molar refractivity (Wildman–Crippen MR) is 75.9 cm³/mol. The molecular weight excluding hydrogens is 278 g/mol. The lowest BCUT2D eigenvalue weighted by Crippen LogP contribution is -2.42. The molecule has 1 aromatic rings. The lowest BCUT2D eigenvalue weighted by atomic mass is 10.0. The maximum atomic E-state index is 13.4. The van der Waals surface area contributed by atoms with Crippen molar-refractivity contribution in [2.24, 2.45) is 0 Å². The van der Waals surface area contributed by atoms with Crippen molar-refractivity contribution >= 4 is 11.6 Å². The molecule has 1 saturated carbocycles. The van der Waals surface area contributed by atoms with E-state index >= 15 is 0 Å². The number of aliphatic hydroxyl groups is 1. The van der Waals surface area contributed by atoms with Crippen LogP contribution in [0.15, 0.2) is 18.2 Å². The summed E-state index contributed by atoms with van der Waals surface area (Å²) >= 11 is 0. The molecule has 2 N–H and O–H groups in total. The molecule has 6 heteroatoms. The van der Waals surface area contributed by atoms with E-state index in [9.17, 15) is 18.7 Å². The molecule has 0 spiro atoms. The zero-order valence-electron chi connectivity index (χ0n) is 12.0. The Morgan fingerprint density at radius 3 is 2.48 bits per heavy atom. The maximum absolute atomic E-state index is 13.4. The Hall–Kier alpha value is -1.53. The first kappa shape index (κ1) is 15.9. The number of carbonyl (C=O) groups excluding carboxylic acids is 1. The van der Waals surface area contributed by atoms with Gasteiger partial charge in [-0.2, -0.15) is 0 Å². The molecule has 1 aliphatic carbocycles. The van der Waals surface area contributed by atoms with Gasteiger partial charge in [-0.05, 0) is 32.0 Å². The quantitative estimate of drug-likeness (QED) is 0.875. The van der Waals surface area contributed by atoms with Crippen molar-refractivity contribution in [3.8, 4) is 0 Å². The van der Waals surface area contributed by atoms with E-state index in [1.54, 1.807) is 11.9 Å². The van der Waals surface area contributed by atoms with Gasteiger partial charge in [-0.1, -0.05) is 18.9 Å². The number of halogens is 2. The summed E-state index contributed by atoms with van der Waals surface area (Å²) in [6, 6.07) is 3.41. The second-order valence-electron chi connectivity index (χ2n) is 5.75. The van der Waals surface area contributed by atoms with Crippen LogP contribution in [-0.4, -0.2) is 41.7 Å². The van der Waals surface area contributed by atoms with Crippen molar-refractivity contribution in [1.82, 2.24) is 4.90 Å². The van der Waals surface area contributed by atoms with E-state index in [2.05, 4.69) is 5.32 Å². The number of hydrogen-bond acceptors (Lipinski definition) is 3. The van der Waals surface area contributed by atoms with Crippen molar-refractivity contribution in [2.45, 2.75) is 31.3 Å². The predicted octanol–water partition coefficient (Wildman–Crippen LogP) is 2.14. The summed E-state index contributed by atoms with van der Waals surface area (Å²) in [7, 11) is 1.70. The number of nitrogens with zero attached hydrogens (tertiary/aromatic N) is 1. The molecule has 2 rings (SSSR count). The number of carbonyl (C=O) groups is 1. The van der Waals surface area contributed by atoms with Crippen molar-refractivity contribution in [2.75, 3.05) is 25.5 Å². The summed E-state index contributed by atoms with van der Waals surface area (Å²) in [6.45, 7) is 0.344. The lowest BCUT2D eigenvalue weighted by Gasteiger charge is -2.28. The highest BCUT2D eigenvalue weighted by atomic mass is 19.1. The van der Waals surface area contributed by atoms with Crippen LogP contribution in [0.1, 0.15) is 25.7 Å². The molecule has 0 aliphatic heterocycles. The van der Waals surface area contributed by atoms with Crippen molar-refractivity contribution in [1.29, 1.82) is 0 Å². The molecule has 1 aromatic carbocycles. The number of para-hydroxylation sites is 1. The largest absolute Gasteiger partial charge is 0.389 e. The van der Waals surface area contributed by atoms with Gasteiger partial charge < -0.3 is 10.4 Å². The van der Waals surface area contributed by atoms with Crippen LogP contribution in [0.3, 0.4) is 0 Å². The van der Waals surface area contributed by atoms with Crippen molar-refractivity contribution in [3.05, 3.63) is 29.8 Å². The molecule has 4 nitrogen and oxygen atoms in total. The van der Waals surface area contributed by atoms with Gasteiger partial charge in [-0.3, -0.25) is 9.69 Å². The van der Waals surface area contributed by atoms with Gasteiger partial charge in [0, 0.05) is 6.54 Å².